The van der Waals surface area contributed by atoms with Crippen molar-refractivity contribution in [3.63, 3.8) is 0 Å². The lowest BCUT2D eigenvalue weighted by atomic mass is 9.75. The summed E-state index contributed by atoms with van der Waals surface area (Å²) in [5.41, 5.74) is 5.59. The molecule has 0 spiro atoms. The van der Waals surface area contributed by atoms with E-state index < -0.39 is 0 Å². The highest BCUT2D eigenvalue weighted by Crippen LogP contribution is 2.44. The van der Waals surface area contributed by atoms with E-state index in [-0.39, 0.29) is 5.92 Å². The number of carbonyl (C=O) groups is 1. The lowest BCUT2D eigenvalue weighted by Gasteiger charge is -2.29. The van der Waals surface area contributed by atoms with Crippen LogP contribution in [-0.4, -0.2) is 20.2 Å². The van der Waals surface area contributed by atoms with Crippen molar-refractivity contribution in [2.45, 2.75) is 50.4 Å². The molecule has 2 aliphatic rings. The first-order valence-electron chi connectivity index (χ1n) is 11.1. The predicted octanol–water partition coefficient (Wildman–Crippen LogP) is 5.92. The van der Waals surface area contributed by atoms with Crippen LogP contribution in [0.4, 0.5) is 0 Å². The molecule has 4 heteroatoms. The number of aromatic nitrogens is 3. The van der Waals surface area contributed by atoms with E-state index in [1.807, 2.05) is 29.2 Å². The molecule has 1 aromatic carbocycles. The molecule has 0 atom stereocenters. The number of hydrogen-bond donors (Lipinski definition) is 0. The maximum atomic E-state index is 13.7. The average molecular weight is 396 g/mol. The van der Waals surface area contributed by atoms with Gasteiger partial charge >= 0.3 is 0 Å². The Hall–Kier alpha value is -3.01. The maximum absolute atomic E-state index is 13.7. The molecule has 6 rings (SSSR count). The molecular formula is C26H25N3O. The highest BCUT2D eigenvalue weighted by Gasteiger charge is 2.34. The van der Waals surface area contributed by atoms with Gasteiger partial charge in [0, 0.05) is 17.5 Å². The third-order valence-electron chi connectivity index (χ3n) is 7.08. The Morgan fingerprint density at radius 1 is 0.867 bits per heavy atom. The summed E-state index contributed by atoms with van der Waals surface area (Å²) in [6.07, 6.45) is 11.9. The third kappa shape index (κ3) is 2.94. The zero-order chi connectivity index (χ0) is 20.1. The van der Waals surface area contributed by atoms with Gasteiger partial charge in [-0.2, -0.15) is 0 Å². The number of ketones is 1. The minimum absolute atomic E-state index is 0.111. The van der Waals surface area contributed by atoms with Gasteiger partial charge in [-0.25, -0.2) is 4.98 Å². The minimum Gasteiger partial charge on any atom is -0.296 e. The molecule has 4 aromatic rings. The number of rotatable bonds is 4. The standard InChI is InChI=1S/C26H25N3O/c30-26(25-22(18-6-7-18)13-12-20-15-27-16-29(20)25)19-10-8-17(9-11-19)21-3-1-5-24-23(21)4-2-14-28-24/h1-5,12-19H,6-11H2. The number of Topliss-reactive ketones (excluding diaryl/α,β-unsaturated/α-hetero) is 1. The summed E-state index contributed by atoms with van der Waals surface area (Å²) in [5, 5.41) is 1.26. The first-order valence-corrected chi connectivity index (χ1v) is 11.1. The maximum Gasteiger partial charge on any atom is 0.182 e. The zero-order valence-electron chi connectivity index (χ0n) is 17.0. The molecule has 4 nitrogen and oxygen atoms in total. The van der Waals surface area contributed by atoms with Gasteiger partial charge in [0.2, 0.25) is 0 Å². The van der Waals surface area contributed by atoms with Crippen LogP contribution in [0.15, 0.2) is 61.2 Å². The fraction of sp³-hybridized carbons (Fsp3) is 0.346. The van der Waals surface area contributed by atoms with Crippen molar-refractivity contribution in [3.05, 3.63) is 78.0 Å². The van der Waals surface area contributed by atoms with Crippen LogP contribution in [0.2, 0.25) is 0 Å². The fourth-order valence-corrected chi connectivity index (χ4v) is 5.34. The normalized spacial score (nSPS) is 21.9. The van der Waals surface area contributed by atoms with E-state index in [0.717, 1.165) is 42.4 Å². The topological polar surface area (TPSA) is 47.3 Å². The number of carbonyl (C=O) groups excluding carboxylic acids is 1. The summed E-state index contributed by atoms with van der Waals surface area (Å²) in [6.45, 7) is 0. The number of nitrogens with zero attached hydrogens (tertiary/aromatic N) is 3. The molecule has 0 radical (unpaired) electrons. The van der Waals surface area contributed by atoms with E-state index in [1.54, 1.807) is 0 Å². The number of fused-ring (bicyclic) bond motifs is 2. The van der Waals surface area contributed by atoms with Gasteiger partial charge in [0.1, 0.15) is 0 Å². The van der Waals surface area contributed by atoms with E-state index in [2.05, 4.69) is 46.4 Å². The Morgan fingerprint density at radius 2 is 1.67 bits per heavy atom. The van der Waals surface area contributed by atoms with Crippen LogP contribution in [0, 0.1) is 5.92 Å². The van der Waals surface area contributed by atoms with Crippen LogP contribution in [0.3, 0.4) is 0 Å². The van der Waals surface area contributed by atoms with E-state index in [1.165, 1.54) is 29.4 Å². The van der Waals surface area contributed by atoms with Crippen molar-refractivity contribution in [2.75, 3.05) is 0 Å². The van der Waals surface area contributed by atoms with E-state index in [4.69, 9.17) is 0 Å². The Balaban J connectivity index is 1.27. The van der Waals surface area contributed by atoms with Gasteiger partial charge < -0.3 is 0 Å². The molecule has 150 valence electrons. The van der Waals surface area contributed by atoms with Gasteiger partial charge in [-0.3, -0.25) is 14.2 Å². The van der Waals surface area contributed by atoms with Crippen LogP contribution in [0.5, 0.6) is 0 Å². The smallest absolute Gasteiger partial charge is 0.182 e. The average Bonchev–Trinajstić information content (AvgIpc) is 3.54. The van der Waals surface area contributed by atoms with Crippen molar-refractivity contribution in [1.29, 1.82) is 0 Å². The van der Waals surface area contributed by atoms with E-state index >= 15 is 0 Å². The molecule has 3 heterocycles. The molecular weight excluding hydrogens is 370 g/mol. The Kier molecular flexibility index (Phi) is 4.19. The molecule has 3 aromatic heterocycles. The summed E-state index contributed by atoms with van der Waals surface area (Å²) >= 11 is 0. The van der Waals surface area contributed by atoms with Gasteiger partial charge in [-0.15, -0.1) is 0 Å². The van der Waals surface area contributed by atoms with Gasteiger partial charge in [0.05, 0.1) is 29.3 Å². The summed E-state index contributed by atoms with van der Waals surface area (Å²) in [6, 6.07) is 14.9. The first-order chi connectivity index (χ1) is 14.8. The highest BCUT2D eigenvalue weighted by atomic mass is 16.1. The second kappa shape index (κ2) is 7.05. The van der Waals surface area contributed by atoms with Gasteiger partial charge in [0.25, 0.3) is 0 Å². The van der Waals surface area contributed by atoms with Crippen LogP contribution in [-0.2, 0) is 0 Å². The van der Waals surface area contributed by atoms with Crippen molar-refractivity contribution >= 4 is 22.2 Å². The summed E-state index contributed by atoms with van der Waals surface area (Å²) in [5.74, 6) is 1.49. The Bertz CT molecular complexity index is 1240. The van der Waals surface area contributed by atoms with Crippen molar-refractivity contribution in [1.82, 2.24) is 14.4 Å². The number of pyridine rings is 2. The second-order valence-corrected chi connectivity index (χ2v) is 8.93. The van der Waals surface area contributed by atoms with Crippen molar-refractivity contribution in [3.8, 4) is 0 Å². The van der Waals surface area contributed by atoms with Crippen LogP contribution >= 0.6 is 0 Å². The van der Waals surface area contributed by atoms with Crippen molar-refractivity contribution < 1.29 is 4.79 Å². The van der Waals surface area contributed by atoms with Gasteiger partial charge in [-0.05, 0) is 79.7 Å². The van der Waals surface area contributed by atoms with Crippen molar-refractivity contribution in [2.24, 2.45) is 5.92 Å². The molecule has 2 fully saturated rings. The SMILES string of the molecule is O=C(c1c(C2CC2)ccc2cncn12)C1CCC(c2cccc3ncccc23)CC1. The Morgan fingerprint density at radius 3 is 2.50 bits per heavy atom. The molecule has 0 aliphatic heterocycles. The lowest BCUT2D eigenvalue weighted by Crippen LogP contribution is -2.24. The molecule has 0 bridgehead atoms. The number of imidazole rings is 1. The summed E-state index contributed by atoms with van der Waals surface area (Å²) < 4.78 is 2.03. The molecule has 0 saturated heterocycles. The van der Waals surface area contributed by atoms with Crippen LogP contribution in [0.25, 0.3) is 16.4 Å². The van der Waals surface area contributed by atoms with Crippen LogP contribution in [0.1, 0.15) is 72.0 Å². The fourth-order valence-electron chi connectivity index (χ4n) is 5.34. The Labute approximate surface area is 176 Å². The largest absolute Gasteiger partial charge is 0.296 e. The second-order valence-electron chi connectivity index (χ2n) is 8.93. The van der Waals surface area contributed by atoms with Gasteiger partial charge in [-0.1, -0.05) is 24.3 Å². The first kappa shape index (κ1) is 17.8. The van der Waals surface area contributed by atoms with E-state index in [9.17, 15) is 4.79 Å². The van der Waals surface area contributed by atoms with E-state index in [0.29, 0.717) is 17.6 Å². The molecule has 0 unspecified atom stereocenters. The lowest BCUT2D eigenvalue weighted by molar-refractivity contribution is 0.0876. The zero-order valence-corrected chi connectivity index (χ0v) is 17.0. The molecule has 30 heavy (non-hydrogen) atoms. The number of hydrogen-bond acceptors (Lipinski definition) is 3. The predicted molar refractivity (Wildman–Crippen MR) is 118 cm³/mol. The summed E-state index contributed by atoms with van der Waals surface area (Å²) in [7, 11) is 0. The minimum atomic E-state index is 0.111. The molecule has 0 amide bonds. The van der Waals surface area contributed by atoms with Crippen LogP contribution < -0.4 is 0 Å². The molecule has 2 aliphatic carbocycles. The third-order valence-corrected chi connectivity index (χ3v) is 7.08. The molecule has 2 saturated carbocycles. The van der Waals surface area contributed by atoms with Gasteiger partial charge in [0.15, 0.2) is 5.78 Å². The summed E-state index contributed by atoms with van der Waals surface area (Å²) in [4.78, 5) is 22.5. The monoisotopic (exact) mass is 395 g/mol. The molecule has 0 N–H and O–H groups in total. The highest BCUT2D eigenvalue weighted by molar-refractivity contribution is 5.98. The number of benzene rings is 1. The quantitative estimate of drug-likeness (QED) is 0.403.